The molecule has 1 fully saturated rings. The number of rotatable bonds is 4. The molecule has 1 amide bonds. The summed E-state index contributed by atoms with van der Waals surface area (Å²) < 4.78 is 56.2. The molecule has 4 rings (SSSR count). The van der Waals surface area contributed by atoms with Crippen LogP contribution in [0.4, 0.5) is 23.2 Å². The van der Waals surface area contributed by atoms with Crippen molar-refractivity contribution in [2.45, 2.75) is 18.8 Å². The highest BCUT2D eigenvalue weighted by atomic mass is 19.1. The molecule has 0 spiro atoms. The molecule has 3 aromatic rings. The van der Waals surface area contributed by atoms with Crippen molar-refractivity contribution in [2.24, 2.45) is 0 Å². The minimum atomic E-state index is -0.913. The molecule has 2 heterocycles. The van der Waals surface area contributed by atoms with Gasteiger partial charge in [0.15, 0.2) is 5.82 Å². The largest absolute Gasteiger partial charge is 0.319 e. The van der Waals surface area contributed by atoms with Crippen LogP contribution in [0.15, 0.2) is 42.6 Å². The topological polar surface area (TPSA) is 59.0 Å². The molecule has 2 aromatic carbocycles. The molecule has 0 bridgehead atoms. The number of hydrogen-bond donors (Lipinski definition) is 2. The third-order valence-electron chi connectivity index (χ3n) is 5.09. The van der Waals surface area contributed by atoms with Gasteiger partial charge in [0.05, 0.1) is 23.1 Å². The van der Waals surface area contributed by atoms with Crippen LogP contribution < -0.4 is 10.6 Å². The van der Waals surface area contributed by atoms with Gasteiger partial charge in [-0.1, -0.05) is 0 Å². The molecule has 1 aromatic heterocycles. The first-order valence-electron chi connectivity index (χ1n) is 9.44. The van der Waals surface area contributed by atoms with Crippen molar-refractivity contribution in [2.75, 3.05) is 18.4 Å². The molecule has 30 heavy (non-hydrogen) atoms. The summed E-state index contributed by atoms with van der Waals surface area (Å²) >= 11 is 0. The van der Waals surface area contributed by atoms with Gasteiger partial charge in [0.1, 0.15) is 23.1 Å². The number of amides is 1. The molecular formula is C21H18F4N4O. The Labute approximate surface area is 169 Å². The third kappa shape index (κ3) is 3.93. The fraction of sp³-hybridized carbons (Fsp3) is 0.238. The summed E-state index contributed by atoms with van der Waals surface area (Å²) in [5, 5.41) is 9.81. The van der Waals surface area contributed by atoms with Crippen LogP contribution in [-0.4, -0.2) is 28.8 Å². The Kier molecular flexibility index (Phi) is 5.54. The Morgan fingerprint density at radius 1 is 1.00 bits per heavy atom. The van der Waals surface area contributed by atoms with E-state index >= 15 is 0 Å². The van der Waals surface area contributed by atoms with Crippen molar-refractivity contribution in [3.63, 3.8) is 0 Å². The van der Waals surface area contributed by atoms with Gasteiger partial charge >= 0.3 is 0 Å². The molecule has 1 saturated heterocycles. The van der Waals surface area contributed by atoms with Crippen LogP contribution in [0.1, 0.15) is 34.8 Å². The molecule has 5 nitrogen and oxygen atoms in total. The summed E-state index contributed by atoms with van der Waals surface area (Å²) in [5.74, 6) is -3.98. The van der Waals surface area contributed by atoms with Gasteiger partial charge in [-0.15, -0.1) is 0 Å². The maximum Gasteiger partial charge on any atom is 0.259 e. The van der Waals surface area contributed by atoms with Gasteiger partial charge in [-0.05, 0) is 50.2 Å². The maximum atomic E-state index is 14.4. The summed E-state index contributed by atoms with van der Waals surface area (Å²) in [7, 11) is 0. The van der Waals surface area contributed by atoms with Gasteiger partial charge < -0.3 is 10.6 Å². The molecule has 0 unspecified atom stereocenters. The van der Waals surface area contributed by atoms with E-state index in [-0.39, 0.29) is 22.9 Å². The van der Waals surface area contributed by atoms with Crippen LogP contribution in [0.5, 0.6) is 0 Å². The van der Waals surface area contributed by atoms with Crippen molar-refractivity contribution in [3.8, 4) is 5.69 Å². The predicted molar refractivity (Wildman–Crippen MR) is 103 cm³/mol. The molecule has 0 saturated carbocycles. The smallest absolute Gasteiger partial charge is 0.259 e. The quantitative estimate of drug-likeness (QED) is 0.626. The first kappa shape index (κ1) is 20.1. The molecule has 0 radical (unpaired) electrons. The van der Waals surface area contributed by atoms with Crippen LogP contribution >= 0.6 is 0 Å². The normalized spacial score (nSPS) is 14.7. The summed E-state index contributed by atoms with van der Waals surface area (Å²) in [4.78, 5) is 12.9. The minimum absolute atomic E-state index is 0.0111. The van der Waals surface area contributed by atoms with E-state index in [1.165, 1.54) is 16.9 Å². The Balaban J connectivity index is 1.75. The zero-order chi connectivity index (χ0) is 21.3. The lowest BCUT2D eigenvalue weighted by atomic mass is 9.91. The number of carbonyl (C=O) groups is 1. The predicted octanol–water partition coefficient (Wildman–Crippen LogP) is 4.15. The molecule has 1 aliphatic heterocycles. The number of carbonyl (C=O) groups excluding carboxylic acids is 1. The van der Waals surface area contributed by atoms with E-state index in [0.29, 0.717) is 37.7 Å². The number of aromatic nitrogens is 2. The highest BCUT2D eigenvalue weighted by Crippen LogP contribution is 2.31. The monoisotopic (exact) mass is 418 g/mol. The van der Waals surface area contributed by atoms with Crippen molar-refractivity contribution >= 4 is 11.6 Å². The number of halogens is 4. The average Bonchev–Trinajstić information content (AvgIpc) is 3.15. The van der Waals surface area contributed by atoms with Gasteiger partial charge in [-0.2, -0.15) is 5.10 Å². The summed E-state index contributed by atoms with van der Waals surface area (Å²) in [6, 6.07) is 5.93. The van der Waals surface area contributed by atoms with E-state index in [9.17, 15) is 22.4 Å². The van der Waals surface area contributed by atoms with Crippen molar-refractivity contribution in [1.82, 2.24) is 15.1 Å². The van der Waals surface area contributed by atoms with Crippen LogP contribution in [0.2, 0.25) is 0 Å². The minimum Gasteiger partial charge on any atom is -0.319 e. The molecular weight excluding hydrogens is 400 g/mol. The van der Waals surface area contributed by atoms with Crippen molar-refractivity contribution < 1.29 is 22.4 Å². The van der Waals surface area contributed by atoms with E-state index in [4.69, 9.17) is 0 Å². The maximum absolute atomic E-state index is 14.4. The Hall–Kier alpha value is -3.20. The summed E-state index contributed by atoms with van der Waals surface area (Å²) in [6.07, 6.45) is 2.64. The molecule has 0 atom stereocenters. The van der Waals surface area contributed by atoms with Crippen LogP contribution in [0, 0.1) is 23.3 Å². The Morgan fingerprint density at radius 2 is 1.67 bits per heavy atom. The van der Waals surface area contributed by atoms with E-state index in [1.807, 2.05) is 0 Å². The lowest BCUT2D eigenvalue weighted by molar-refractivity contribution is 0.102. The van der Waals surface area contributed by atoms with Gasteiger partial charge in [-0.25, -0.2) is 22.2 Å². The van der Waals surface area contributed by atoms with Crippen LogP contribution in [0.25, 0.3) is 5.69 Å². The average molecular weight is 418 g/mol. The fourth-order valence-electron chi connectivity index (χ4n) is 3.65. The van der Waals surface area contributed by atoms with E-state index < -0.39 is 29.2 Å². The number of anilines is 1. The van der Waals surface area contributed by atoms with Crippen molar-refractivity contribution in [3.05, 3.63) is 77.1 Å². The molecule has 9 heteroatoms. The summed E-state index contributed by atoms with van der Waals surface area (Å²) in [6.45, 7) is 1.41. The van der Waals surface area contributed by atoms with E-state index in [1.54, 1.807) is 0 Å². The first-order valence-corrected chi connectivity index (χ1v) is 9.44. The summed E-state index contributed by atoms with van der Waals surface area (Å²) in [5.41, 5.74) is 0.437. The number of benzene rings is 2. The zero-order valence-corrected chi connectivity index (χ0v) is 15.8. The SMILES string of the molecule is O=C(Nc1ccc(F)cc1F)c1cnn(-c2ccc(F)cc2F)c1C1CCNCC1. The van der Waals surface area contributed by atoms with E-state index in [2.05, 4.69) is 15.7 Å². The van der Waals surface area contributed by atoms with Crippen LogP contribution in [-0.2, 0) is 0 Å². The van der Waals surface area contributed by atoms with Gasteiger partial charge in [-0.3, -0.25) is 4.79 Å². The van der Waals surface area contributed by atoms with Gasteiger partial charge in [0.2, 0.25) is 0 Å². The second kappa shape index (κ2) is 8.27. The first-order chi connectivity index (χ1) is 14.4. The number of nitrogens with one attached hydrogen (secondary N) is 2. The fourth-order valence-corrected chi connectivity index (χ4v) is 3.65. The standard InChI is InChI=1S/C21H18F4N4O/c22-13-1-3-18(16(24)9-13)28-21(30)15-11-27-29(19-4-2-14(23)10-17(19)25)20(15)12-5-7-26-8-6-12/h1-4,9-12,26H,5-8H2,(H,28,30). The van der Waals surface area contributed by atoms with Gasteiger partial charge in [0, 0.05) is 18.1 Å². The van der Waals surface area contributed by atoms with Gasteiger partial charge in [0.25, 0.3) is 5.91 Å². The highest BCUT2D eigenvalue weighted by Gasteiger charge is 2.28. The molecule has 1 aliphatic rings. The lowest BCUT2D eigenvalue weighted by Gasteiger charge is -2.25. The Morgan fingerprint density at radius 3 is 2.33 bits per heavy atom. The van der Waals surface area contributed by atoms with E-state index in [0.717, 1.165) is 24.3 Å². The van der Waals surface area contributed by atoms with Crippen molar-refractivity contribution in [1.29, 1.82) is 0 Å². The second-order valence-corrected chi connectivity index (χ2v) is 7.05. The number of piperidine rings is 1. The number of nitrogens with zero attached hydrogens (tertiary/aromatic N) is 2. The molecule has 0 aliphatic carbocycles. The molecule has 2 N–H and O–H groups in total. The lowest BCUT2D eigenvalue weighted by Crippen LogP contribution is -2.29. The Bertz CT molecular complexity index is 1090. The third-order valence-corrected chi connectivity index (χ3v) is 5.09. The van der Waals surface area contributed by atoms with Crippen LogP contribution in [0.3, 0.4) is 0 Å². The second-order valence-electron chi connectivity index (χ2n) is 7.05. The zero-order valence-electron chi connectivity index (χ0n) is 15.8. The number of hydrogen-bond acceptors (Lipinski definition) is 3. The highest BCUT2D eigenvalue weighted by molar-refractivity contribution is 6.05. The molecule has 156 valence electrons.